The Hall–Kier alpha value is -0.340. The number of hydrogen-bond acceptors (Lipinski definition) is 2. The Morgan fingerprint density at radius 3 is 2.71 bits per heavy atom. The summed E-state index contributed by atoms with van der Waals surface area (Å²) in [7, 11) is 0. The Morgan fingerprint density at radius 1 is 1.24 bits per heavy atom. The number of ether oxygens (including phenoxy) is 2. The summed E-state index contributed by atoms with van der Waals surface area (Å²) in [4.78, 5) is 0. The second-order valence-corrected chi connectivity index (χ2v) is 5.69. The second-order valence-electron chi connectivity index (χ2n) is 5.69. The SMILES string of the molecule is CC(C)C1C=C(CCC2OCCCO2)CCC1. The van der Waals surface area contributed by atoms with Crippen LogP contribution < -0.4 is 0 Å². The van der Waals surface area contributed by atoms with E-state index in [1.807, 2.05) is 0 Å². The molecule has 1 heterocycles. The van der Waals surface area contributed by atoms with Gasteiger partial charge in [-0.15, -0.1) is 0 Å². The van der Waals surface area contributed by atoms with E-state index in [9.17, 15) is 0 Å². The van der Waals surface area contributed by atoms with Crippen LogP contribution in [0.3, 0.4) is 0 Å². The molecule has 2 heteroatoms. The summed E-state index contributed by atoms with van der Waals surface area (Å²) >= 11 is 0. The normalized spacial score (nSPS) is 27.2. The minimum atomic E-state index is 0.0593. The van der Waals surface area contributed by atoms with Crippen LogP contribution in [0.1, 0.15) is 52.4 Å². The van der Waals surface area contributed by atoms with Gasteiger partial charge in [-0.25, -0.2) is 0 Å². The molecule has 0 aromatic heterocycles. The van der Waals surface area contributed by atoms with Gasteiger partial charge in [0.15, 0.2) is 6.29 Å². The fourth-order valence-corrected chi connectivity index (χ4v) is 2.77. The molecule has 0 N–H and O–H groups in total. The highest BCUT2D eigenvalue weighted by Crippen LogP contribution is 2.30. The summed E-state index contributed by atoms with van der Waals surface area (Å²) in [5, 5.41) is 0. The minimum Gasteiger partial charge on any atom is -0.353 e. The Labute approximate surface area is 105 Å². The van der Waals surface area contributed by atoms with Gasteiger partial charge in [0, 0.05) is 6.42 Å². The lowest BCUT2D eigenvalue weighted by molar-refractivity contribution is -0.180. The monoisotopic (exact) mass is 238 g/mol. The van der Waals surface area contributed by atoms with Crippen LogP contribution in [-0.4, -0.2) is 19.5 Å². The fraction of sp³-hybridized carbons (Fsp3) is 0.867. The largest absolute Gasteiger partial charge is 0.353 e. The van der Waals surface area contributed by atoms with Crippen LogP contribution in [0, 0.1) is 11.8 Å². The number of allylic oxidation sites excluding steroid dienone is 2. The van der Waals surface area contributed by atoms with Crippen LogP contribution in [0.5, 0.6) is 0 Å². The first-order valence-electron chi connectivity index (χ1n) is 7.18. The molecule has 2 rings (SSSR count). The topological polar surface area (TPSA) is 18.5 Å². The smallest absolute Gasteiger partial charge is 0.157 e. The van der Waals surface area contributed by atoms with E-state index < -0.39 is 0 Å². The van der Waals surface area contributed by atoms with Crippen LogP contribution in [0.15, 0.2) is 11.6 Å². The van der Waals surface area contributed by atoms with Gasteiger partial charge in [0.05, 0.1) is 13.2 Å². The highest BCUT2D eigenvalue weighted by Gasteiger charge is 2.19. The van der Waals surface area contributed by atoms with Crippen LogP contribution in [0.2, 0.25) is 0 Å². The van der Waals surface area contributed by atoms with E-state index in [1.54, 1.807) is 5.57 Å². The molecule has 1 aliphatic heterocycles. The maximum atomic E-state index is 5.59. The summed E-state index contributed by atoms with van der Waals surface area (Å²) in [5.41, 5.74) is 1.63. The first-order valence-corrected chi connectivity index (χ1v) is 7.18. The zero-order chi connectivity index (χ0) is 12.1. The zero-order valence-electron chi connectivity index (χ0n) is 11.3. The third-order valence-corrected chi connectivity index (χ3v) is 3.94. The lowest BCUT2D eigenvalue weighted by atomic mass is 9.82. The van der Waals surface area contributed by atoms with E-state index in [0.717, 1.165) is 44.3 Å². The molecule has 1 atom stereocenters. The van der Waals surface area contributed by atoms with Crippen molar-refractivity contribution in [3.63, 3.8) is 0 Å². The number of hydrogen-bond donors (Lipinski definition) is 0. The van der Waals surface area contributed by atoms with Gasteiger partial charge in [0.2, 0.25) is 0 Å². The van der Waals surface area contributed by atoms with Gasteiger partial charge in [-0.05, 0) is 43.9 Å². The van der Waals surface area contributed by atoms with Crippen molar-refractivity contribution >= 4 is 0 Å². The van der Waals surface area contributed by atoms with Gasteiger partial charge >= 0.3 is 0 Å². The third-order valence-electron chi connectivity index (χ3n) is 3.94. The molecule has 17 heavy (non-hydrogen) atoms. The van der Waals surface area contributed by atoms with Crippen molar-refractivity contribution in [3.05, 3.63) is 11.6 Å². The highest BCUT2D eigenvalue weighted by molar-refractivity contribution is 5.08. The van der Waals surface area contributed by atoms with Crippen LogP contribution in [0.4, 0.5) is 0 Å². The molecule has 0 saturated carbocycles. The van der Waals surface area contributed by atoms with E-state index in [1.165, 1.54) is 19.3 Å². The molecule has 0 aromatic rings. The molecular formula is C15H26O2. The molecular weight excluding hydrogens is 212 g/mol. The standard InChI is InChI=1S/C15H26O2/c1-12(2)14-6-3-5-13(11-14)7-8-15-16-9-4-10-17-15/h11-12,14-15H,3-10H2,1-2H3. The maximum absolute atomic E-state index is 5.59. The Bertz CT molecular complexity index is 252. The molecule has 0 spiro atoms. The zero-order valence-corrected chi connectivity index (χ0v) is 11.3. The first kappa shape index (κ1) is 13.1. The molecule has 98 valence electrons. The van der Waals surface area contributed by atoms with Crippen LogP contribution in [-0.2, 0) is 9.47 Å². The van der Waals surface area contributed by atoms with Gasteiger partial charge in [-0.2, -0.15) is 0 Å². The Kier molecular flexibility index (Phi) is 5.05. The Morgan fingerprint density at radius 2 is 2.00 bits per heavy atom. The van der Waals surface area contributed by atoms with E-state index in [4.69, 9.17) is 9.47 Å². The average molecular weight is 238 g/mol. The molecule has 2 nitrogen and oxygen atoms in total. The second kappa shape index (κ2) is 6.55. The van der Waals surface area contributed by atoms with Crippen molar-refractivity contribution in [3.8, 4) is 0 Å². The minimum absolute atomic E-state index is 0.0593. The van der Waals surface area contributed by atoms with Crippen molar-refractivity contribution in [2.24, 2.45) is 11.8 Å². The van der Waals surface area contributed by atoms with Gasteiger partial charge in [0.1, 0.15) is 0 Å². The molecule has 0 amide bonds. The van der Waals surface area contributed by atoms with Crippen LogP contribution >= 0.6 is 0 Å². The van der Waals surface area contributed by atoms with Gasteiger partial charge in [-0.1, -0.05) is 25.5 Å². The van der Waals surface area contributed by atoms with E-state index in [2.05, 4.69) is 19.9 Å². The van der Waals surface area contributed by atoms with Crippen LogP contribution in [0.25, 0.3) is 0 Å². The molecule has 1 aliphatic carbocycles. The fourth-order valence-electron chi connectivity index (χ4n) is 2.77. The highest BCUT2D eigenvalue weighted by atomic mass is 16.7. The third kappa shape index (κ3) is 4.11. The van der Waals surface area contributed by atoms with Crippen molar-refractivity contribution in [2.45, 2.75) is 58.7 Å². The average Bonchev–Trinajstić information content (AvgIpc) is 2.38. The van der Waals surface area contributed by atoms with E-state index in [-0.39, 0.29) is 6.29 Å². The summed E-state index contributed by atoms with van der Waals surface area (Å²) < 4.78 is 11.2. The molecule has 0 bridgehead atoms. The first-order chi connectivity index (χ1) is 8.25. The predicted molar refractivity (Wildman–Crippen MR) is 69.8 cm³/mol. The van der Waals surface area contributed by atoms with Crippen molar-refractivity contribution < 1.29 is 9.47 Å². The van der Waals surface area contributed by atoms with E-state index >= 15 is 0 Å². The van der Waals surface area contributed by atoms with Gasteiger partial charge in [0.25, 0.3) is 0 Å². The van der Waals surface area contributed by atoms with E-state index in [0.29, 0.717) is 0 Å². The van der Waals surface area contributed by atoms with Crippen molar-refractivity contribution in [1.29, 1.82) is 0 Å². The molecule has 0 radical (unpaired) electrons. The van der Waals surface area contributed by atoms with Gasteiger partial charge < -0.3 is 9.47 Å². The summed E-state index contributed by atoms with van der Waals surface area (Å²) in [6.07, 6.45) is 9.86. The molecule has 1 fully saturated rings. The van der Waals surface area contributed by atoms with Crippen molar-refractivity contribution in [1.82, 2.24) is 0 Å². The maximum Gasteiger partial charge on any atom is 0.157 e. The van der Waals surface area contributed by atoms with Crippen molar-refractivity contribution in [2.75, 3.05) is 13.2 Å². The quantitative estimate of drug-likeness (QED) is 0.691. The molecule has 1 unspecified atom stereocenters. The summed E-state index contributed by atoms with van der Waals surface area (Å²) in [5.74, 6) is 1.58. The summed E-state index contributed by atoms with van der Waals surface area (Å²) in [6.45, 7) is 6.41. The lowest BCUT2D eigenvalue weighted by Gasteiger charge is -2.26. The lowest BCUT2D eigenvalue weighted by Crippen LogP contribution is -2.25. The predicted octanol–water partition coefficient (Wildman–Crippen LogP) is 3.91. The molecule has 0 aromatic carbocycles. The Balaban J connectivity index is 1.77. The van der Waals surface area contributed by atoms with Gasteiger partial charge in [-0.3, -0.25) is 0 Å². The summed E-state index contributed by atoms with van der Waals surface area (Å²) in [6, 6.07) is 0. The number of rotatable bonds is 4. The molecule has 2 aliphatic rings. The molecule has 1 saturated heterocycles.